The van der Waals surface area contributed by atoms with Gasteiger partial charge in [0.05, 0.1) is 24.5 Å². The van der Waals surface area contributed by atoms with Crippen LogP contribution in [0.1, 0.15) is 18.7 Å². The fraction of sp³-hybridized carbons (Fsp3) is 0.500. The van der Waals surface area contributed by atoms with Gasteiger partial charge in [-0.3, -0.25) is 4.98 Å². The first kappa shape index (κ1) is 11.1. The number of likely N-dealkylation sites (N-methyl/N-ethyl adjacent to an activating group) is 1. The summed E-state index contributed by atoms with van der Waals surface area (Å²) in [7, 11) is 1.63. The third-order valence-corrected chi connectivity index (χ3v) is 1.89. The molecule has 1 N–H and O–H groups in total. The van der Waals surface area contributed by atoms with Crippen LogP contribution in [0.15, 0.2) is 18.3 Å². The quantitative estimate of drug-likeness (QED) is 0.778. The summed E-state index contributed by atoms with van der Waals surface area (Å²) in [5, 5.41) is 3.21. The molecule has 0 aromatic carbocycles. The molecule has 0 aliphatic rings. The van der Waals surface area contributed by atoms with E-state index in [0.29, 0.717) is 6.61 Å². The molecule has 0 aliphatic heterocycles. The number of nitrogens with zero attached hydrogens (tertiary/aromatic N) is 1. The van der Waals surface area contributed by atoms with Gasteiger partial charge in [0.25, 0.3) is 0 Å². The van der Waals surface area contributed by atoms with E-state index in [1.54, 1.807) is 13.2 Å². The van der Waals surface area contributed by atoms with Crippen molar-refractivity contribution < 1.29 is 9.13 Å². The van der Waals surface area contributed by atoms with Crippen LogP contribution in [0.2, 0.25) is 0 Å². The Balaban J connectivity index is 2.71. The van der Waals surface area contributed by atoms with E-state index in [9.17, 15) is 4.39 Å². The van der Waals surface area contributed by atoms with Gasteiger partial charge in [0.15, 0.2) is 0 Å². The molecule has 0 saturated heterocycles. The first-order chi connectivity index (χ1) is 6.77. The molecule has 0 radical (unpaired) electrons. The number of ether oxygens (including phenoxy) is 1. The van der Waals surface area contributed by atoms with Crippen molar-refractivity contribution in [2.45, 2.75) is 13.0 Å². The van der Waals surface area contributed by atoms with E-state index >= 15 is 0 Å². The van der Waals surface area contributed by atoms with Gasteiger partial charge in [-0.15, -0.1) is 0 Å². The van der Waals surface area contributed by atoms with E-state index in [2.05, 4.69) is 10.3 Å². The molecule has 0 saturated carbocycles. The fourth-order valence-corrected chi connectivity index (χ4v) is 1.26. The van der Waals surface area contributed by atoms with Crippen molar-refractivity contribution in [1.82, 2.24) is 10.3 Å². The molecule has 3 nitrogen and oxygen atoms in total. The summed E-state index contributed by atoms with van der Waals surface area (Å²) >= 11 is 0. The largest absolute Gasteiger partial charge is 0.383 e. The molecule has 1 heterocycles. The van der Waals surface area contributed by atoms with E-state index in [1.807, 2.05) is 6.92 Å². The molecule has 1 unspecified atom stereocenters. The summed E-state index contributed by atoms with van der Waals surface area (Å²) in [5.74, 6) is -0.318. The normalized spacial score (nSPS) is 12.8. The van der Waals surface area contributed by atoms with Gasteiger partial charge in [-0.25, -0.2) is 4.39 Å². The minimum absolute atomic E-state index is 0.0330. The lowest BCUT2D eigenvalue weighted by atomic mass is 10.2. The van der Waals surface area contributed by atoms with Crippen molar-refractivity contribution in [3.05, 3.63) is 29.8 Å². The lowest BCUT2D eigenvalue weighted by Crippen LogP contribution is -2.25. The van der Waals surface area contributed by atoms with Crippen LogP contribution < -0.4 is 5.32 Å². The fourth-order valence-electron chi connectivity index (χ4n) is 1.26. The molecule has 0 spiro atoms. The zero-order valence-corrected chi connectivity index (χ0v) is 8.46. The van der Waals surface area contributed by atoms with E-state index in [4.69, 9.17) is 4.74 Å². The average Bonchev–Trinajstić information content (AvgIpc) is 2.19. The smallest absolute Gasteiger partial charge is 0.141 e. The van der Waals surface area contributed by atoms with Crippen molar-refractivity contribution in [3.8, 4) is 0 Å². The Morgan fingerprint density at radius 3 is 2.86 bits per heavy atom. The number of hydrogen-bond donors (Lipinski definition) is 1. The SMILES string of the molecule is CCNC(COC)c1ccc(F)cn1. The number of pyridine rings is 1. The Morgan fingerprint density at radius 2 is 2.36 bits per heavy atom. The van der Waals surface area contributed by atoms with Crippen molar-refractivity contribution in [2.75, 3.05) is 20.3 Å². The Morgan fingerprint density at radius 1 is 1.57 bits per heavy atom. The number of rotatable bonds is 5. The summed E-state index contributed by atoms with van der Waals surface area (Å²) in [5.41, 5.74) is 0.801. The predicted molar refractivity (Wildman–Crippen MR) is 52.5 cm³/mol. The van der Waals surface area contributed by atoms with Gasteiger partial charge in [-0.05, 0) is 18.7 Å². The van der Waals surface area contributed by atoms with Crippen molar-refractivity contribution in [2.24, 2.45) is 0 Å². The van der Waals surface area contributed by atoms with Crippen LogP contribution >= 0.6 is 0 Å². The predicted octanol–water partition coefficient (Wildman–Crippen LogP) is 1.52. The minimum Gasteiger partial charge on any atom is -0.383 e. The van der Waals surface area contributed by atoms with Crippen LogP contribution in [-0.4, -0.2) is 25.2 Å². The maximum Gasteiger partial charge on any atom is 0.141 e. The van der Waals surface area contributed by atoms with Gasteiger partial charge in [0.2, 0.25) is 0 Å². The number of aromatic nitrogens is 1. The lowest BCUT2D eigenvalue weighted by molar-refractivity contribution is 0.166. The van der Waals surface area contributed by atoms with Crippen LogP contribution in [0.3, 0.4) is 0 Å². The standard InChI is InChI=1S/C10H15FN2O/c1-3-12-10(7-14-2)9-5-4-8(11)6-13-9/h4-6,10,12H,3,7H2,1-2H3. The second kappa shape index (κ2) is 5.67. The minimum atomic E-state index is -0.318. The Bertz CT molecular complexity index is 257. The molecule has 0 fully saturated rings. The Hall–Kier alpha value is -1.00. The summed E-state index contributed by atoms with van der Waals surface area (Å²) in [6.45, 7) is 3.37. The van der Waals surface area contributed by atoms with Crippen LogP contribution in [0, 0.1) is 5.82 Å². The highest BCUT2D eigenvalue weighted by Gasteiger charge is 2.10. The van der Waals surface area contributed by atoms with Gasteiger partial charge in [-0.2, -0.15) is 0 Å². The molecule has 1 atom stereocenters. The zero-order chi connectivity index (χ0) is 10.4. The highest BCUT2D eigenvalue weighted by Crippen LogP contribution is 2.10. The van der Waals surface area contributed by atoms with Gasteiger partial charge >= 0.3 is 0 Å². The molecule has 1 aromatic heterocycles. The highest BCUT2D eigenvalue weighted by atomic mass is 19.1. The highest BCUT2D eigenvalue weighted by molar-refractivity contribution is 5.09. The summed E-state index contributed by atoms with van der Waals surface area (Å²) in [4.78, 5) is 4.00. The van der Waals surface area contributed by atoms with Gasteiger partial charge in [0, 0.05) is 7.11 Å². The van der Waals surface area contributed by atoms with Crippen molar-refractivity contribution in [3.63, 3.8) is 0 Å². The van der Waals surface area contributed by atoms with Crippen molar-refractivity contribution in [1.29, 1.82) is 0 Å². The molecule has 0 bridgehead atoms. The molecule has 1 aromatic rings. The van der Waals surface area contributed by atoms with Crippen LogP contribution in [0.5, 0.6) is 0 Å². The van der Waals surface area contributed by atoms with Crippen LogP contribution in [-0.2, 0) is 4.74 Å². The monoisotopic (exact) mass is 198 g/mol. The lowest BCUT2D eigenvalue weighted by Gasteiger charge is -2.15. The third-order valence-electron chi connectivity index (χ3n) is 1.89. The second-order valence-electron chi connectivity index (χ2n) is 2.97. The summed E-state index contributed by atoms with van der Waals surface area (Å²) in [6, 6.07) is 3.11. The maximum atomic E-state index is 12.6. The molecule has 1 rings (SSSR count). The Labute approximate surface area is 83.3 Å². The molecular weight excluding hydrogens is 183 g/mol. The van der Waals surface area contributed by atoms with E-state index in [-0.39, 0.29) is 11.9 Å². The van der Waals surface area contributed by atoms with Crippen LogP contribution in [0.25, 0.3) is 0 Å². The van der Waals surface area contributed by atoms with Gasteiger partial charge in [-0.1, -0.05) is 6.92 Å². The van der Waals surface area contributed by atoms with Gasteiger partial charge < -0.3 is 10.1 Å². The molecule has 78 valence electrons. The van der Waals surface area contributed by atoms with Crippen LogP contribution in [0.4, 0.5) is 4.39 Å². The summed E-state index contributed by atoms with van der Waals surface area (Å²) in [6.07, 6.45) is 1.22. The van der Waals surface area contributed by atoms with Gasteiger partial charge in [0.1, 0.15) is 5.82 Å². The first-order valence-corrected chi connectivity index (χ1v) is 4.61. The number of nitrogens with one attached hydrogen (secondary N) is 1. The summed E-state index contributed by atoms with van der Waals surface area (Å²) < 4.78 is 17.7. The molecule has 0 aliphatic carbocycles. The average molecular weight is 198 g/mol. The maximum absolute atomic E-state index is 12.6. The third kappa shape index (κ3) is 3.05. The van der Waals surface area contributed by atoms with E-state index < -0.39 is 0 Å². The second-order valence-corrected chi connectivity index (χ2v) is 2.97. The van der Waals surface area contributed by atoms with E-state index in [0.717, 1.165) is 12.2 Å². The molecule has 14 heavy (non-hydrogen) atoms. The molecule has 4 heteroatoms. The molecular formula is C10H15FN2O. The van der Waals surface area contributed by atoms with E-state index in [1.165, 1.54) is 12.3 Å². The Kier molecular flexibility index (Phi) is 4.49. The number of halogens is 1. The molecule has 0 amide bonds. The number of methoxy groups -OCH3 is 1. The zero-order valence-electron chi connectivity index (χ0n) is 8.46. The number of hydrogen-bond acceptors (Lipinski definition) is 3. The van der Waals surface area contributed by atoms with Crippen molar-refractivity contribution >= 4 is 0 Å². The first-order valence-electron chi connectivity index (χ1n) is 4.61. The topological polar surface area (TPSA) is 34.1 Å².